The fourth-order valence-corrected chi connectivity index (χ4v) is 6.05. The summed E-state index contributed by atoms with van der Waals surface area (Å²) < 4.78 is 30.2. The molecule has 30 heavy (non-hydrogen) atoms. The third kappa shape index (κ3) is 3.31. The van der Waals surface area contributed by atoms with E-state index in [1.54, 1.807) is 29.7 Å². The van der Waals surface area contributed by atoms with E-state index in [1.165, 1.54) is 4.31 Å². The van der Waals surface area contributed by atoms with Crippen LogP contribution >= 0.6 is 0 Å². The minimum Gasteiger partial charge on any atom is -0.300 e. The average molecular weight is 433 g/mol. The predicted octanol–water partition coefficient (Wildman–Crippen LogP) is 2.31. The Morgan fingerprint density at radius 2 is 1.87 bits per heavy atom. The van der Waals surface area contributed by atoms with Gasteiger partial charge in [-0.15, -0.1) is 0 Å². The van der Waals surface area contributed by atoms with Crippen molar-refractivity contribution in [3.63, 3.8) is 0 Å². The molecular formula is C20H28N6O3S. The maximum absolute atomic E-state index is 13.5. The Balaban J connectivity index is 1.74. The van der Waals surface area contributed by atoms with E-state index in [4.69, 9.17) is 0 Å². The lowest BCUT2D eigenvalue weighted by Gasteiger charge is -2.28. The molecule has 0 N–H and O–H groups in total. The van der Waals surface area contributed by atoms with Gasteiger partial charge in [0.05, 0.1) is 11.7 Å². The van der Waals surface area contributed by atoms with E-state index in [0.717, 1.165) is 17.7 Å². The highest BCUT2D eigenvalue weighted by atomic mass is 32.2. The number of nitrogens with zero attached hydrogens (tertiary/aromatic N) is 6. The molecule has 0 spiro atoms. The number of hydrogen-bond acceptors (Lipinski definition) is 6. The maximum Gasteiger partial charge on any atom is 0.247 e. The lowest BCUT2D eigenvalue weighted by atomic mass is 10.0. The van der Waals surface area contributed by atoms with E-state index < -0.39 is 16.1 Å². The molecule has 0 unspecified atom stereocenters. The smallest absolute Gasteiger partial charge is 0.247 e. The van der Waals surface area contributed by atoms with Gasteiger partial charge in [0.25, 0.3) is 0 Å². The number of aromatic nitrogens is 4. The molecule has 1 fully saturated rings. The lowest BCUT2D eigenvalue weighted by Crippen LogP contribution is -2.35. The molecule has 1 atom stereocenters. The number of amides is 1. The van der Waals surface area contributed by atoms with Crippen LogP contribution in [0.1, 0.15) is 68.0 Å². The van der Waals surface area contributed by atoms with E-state index >= 15 is 0 Å². The molecule has 2 aromatic rings. The molecule has 2 aliphatic rings. The van der Waals surface area contributed by atoms with Crippen molar-refractivity contribution in [3.8, 4) is 0 Å². The first-order chi connectivity index (χ1) is 14.1. The second kappa shape index (κ2) is 7.42. The van der Waals surface area contributed by atoms with Gasteiger partial charge in [-0.25, -0.2) is 18.4 Å². The number of carbonyl (C=O) groups is 1. The van der Waals surface area contributed by atoms with Crippen LogP contribution in [-0.4, -0.2) is 52.0 Å². The van der Waals surface area contributed by atoms with E-state index in [-0.39, 0.29) is 16.8 Å². The van der Waals surface area contributed by atoms with Crippen molar-refractivity contribution in [3.05, 3.63) is 29.0 Å². The van der Waals surface area contributed by atoms with Crippen LogP contribution in [0.15, 0.2) is 11.1 Å². The molecule has 0 bridgehead atoms. The number of aryl methyl sites for hydroxylation is 2. The van der Waals surface area contributed by atoms with Crippen molar-refractivity contribution >= 4 is 21.7 Å². The summed E-state index contributed by atoms with van der Waals surface area (Å²) in [7, 11) is -2.04. The van der Waals surface area contributed by atoms with E-state index in [1.807, 2.05) is 20.8 Å². The van der Waals surface area contributed by atoms with Gasteiger partial charge in [-0.05, 0) is 47.0 Å². The van der Waals surface area contributed by atoms with Gasteiger partial charge < -0.3 is 0 Å². The Morgan fingerprint density at radius 1 is 1.13 bits per heavy atom. The van der Waals surface area contributed by atoms with Crippen LogP contribution in [0.2, 0.25) is 0 Å². The summed E-state index contributed by atoms with van der Waals surface area (Å²) in [5.74, 6) is 1.07. The summed E-state index contributed by atoms with van der Waals surface area (Å²) in [6.45, 7) is 7.95. The number of carbonyl (C=O) groups excluding carboxylic acids is 1. The number of sulfonamides is 1. The Morgan fingerprint density at radius 3 is 2.53 bits per heavy atom. The number of fused-ring (bicyclic) bond motifs is 1. The minimum atomic E-state index is -3.75. The average Bonchev–Trinajstić information content (AvgIpc) is 3.32. The Hall–Kier alpha value is -2.33. The van der Waals surface area contributed by atoms with Crippen LogP contribution in [0.5, 0.6) is 0 Å². The third-order valence-corrected chi connectivity index (χ3v) is 7.99. The molecule has 9 nitrogen and oxygen atoms in total. The molecule has 0 aliphatic carbocycles. The monoisotopic (exact) mass is 432 g/mol. The van der Waals surface area contributed by atoms with Gasteiger partial charge in [0.15, 0.2) is 0 Å². The second-order valence-corrected chi connectivity index (χ2v) is 10.2. The highest BCUT2D eigenvalue weighted by Gasteiger charge is 2.40. The lowest BCUT2D eigenvalue weighted by molar-refractivity contribution is -0.118. The summed E-state index contributed by atoms with van der Waals surface area (Å²) in [5, 5.41) is 4.37. The molecule has 1 saturated heterocycles. The van der Waals surface area contributed by atoms with Crippen molar-refractivity contribution in [2.24, 2.45) is 0 Å². The summed E-state index contributed by atoms with van der Waals surface area (Å²) in [4.78, 5) is 23.3. The van der Waals surface area contributed by atoms with Crippen LogP contribution in [0.25, 0.3) is 0 Å². The highest BCUT2D eigenvalue weighted by molar-refractivity contribution is 7.89. The van der Waals surface area contributed by atoms with Gasteiger partial charge in [-0.1, -0.05) is 0 Å². The highest BCUT2D eigenvalue weighted by Crippen LogP contribution is 2.38. The molecule has 162 valence electrons. The Kier molecular flexibility index (Phi) is 5.17. The molecule has 1 amide bonds. The van der Waals surface area contributed by atoms with Crippen molar-refractivity contribution in [2.75, 3.05) is 18.5 Å². The summed E-state index contributed by atoms with van der Waals surface area (Å²) in [5.41, 5.74) is 2.26. The van der Waals surface area contributed by atoms with Gasteiger partial charge >= 0.3 is 0 Å². The summed E-state index contributed by atoms with van der Waals surface area (Å²) >= 11 is 0. The zero-order chi connectivity index (χ0) is 21.8. The maximum atomic E-state index is 13.5. The molecule has 0 saturated carbocycles. The third-order valence-electron chi connectivity index (χ3n) is 5.98. The van der Waals surface area contributed by atoms with Gasteiger partial charge in [0.1, 0.15) is 16.5 Å². The van der Waals surface area contributed by atoms with Crippen LogP contribution in [-0.2, 0) is 21.2 Å². The molecule has 2 aliphatic heterocycles. The Labute approximate surface area is 177 Å². The second-order valence-electron chi connectivity index (χ2n) is 8.35. The van der Waals surface area contributed by atoms with Gasteiger partial charge in [-0.2, -0.15) is 9.40 Å². The van der Waals surface area contributed by atoms with Gasteiger partial charge in [0, 0.05) is 43.5 Å². The van der Waals surface area contributed by atoms with Crippen molar-refractivity contribution in [1.82, 2.24) is 24.1 Å². The molecule has 0 aromatic carbocycles. The Bertz CT molecular complexity index is 1110. The zero-order valence-corrected chi connectivity index (χ0v) is 18.9. The first-order valence-electron chi connectivity index (χ1n) is 10.3. The molecule has 0 radical (unpaired) electrons. The summed E-state index contributed by atoms with van der Waals surface area (Å²) in [6.07, 6.45) is 4.04. The van der Waals surface area contributed by atoms with E-state index in [0.29, 0.717) is 43.1 Å². The topological polar surface area (TPSA) is 101 Å². The van der Waals surface area contributed by atoms with Crippen molar-refractivity contribution < 1.29 is 13.2 Å². The van der Waals surface area contributed by atoms with Crippen LogP contribution in [0.3, 0.4) is 0 Å². The van der Waals surface area contributed by atoms with E-state index in [9.17, 15) is 13.2 Å². The van der Waals surface area contributed by atoms with Crippen molar-refractivity contribution in [1.29, 1.82) is 0 Å². The van der Waals surface area contributed by atoms with Crippen LogP contribution in [0, 0.1) is 13.8 Å². The number of rotatable bonds is 4. The number of anilines is 1. The fraction of sp³-hybridized carbons (Fsp3) is 0.600. The zero-order valence-electron chi connectivity index (χ0n) is 18.1. The van der Waals surface area contributed by atoms with Crippen LogP contribution in [0.4, 0.5) is 5.82 Å². The quantitative estimate of drug-likeness (QED) is 0.735. The SMILES string of the molecule is Cc1nn(C(C)C)cc1S(=O)(=O)N1CCC[C@@H]1c1nc(C)c2c(n1)N(C)C(=O)CC2. The molecule has 4 rings (SSSR count). The van der Waals surface area contributed by atoms with Gasteiger partial charge in [0.2, 0.25) is 15.9 Å². The fourth-order valence-electron chi connectivity index (χ4n) is 4.23. The normalized spacial score (nSPS) is 20.3. The van der Waals surface area contributed by atoms with E-state index in [2.05, 4.69) is 15.1 Å². The first-order valence-corrected chi connectivity index (χ1v) is 11.8. The minimum absolute atomic E-state index is 0.0131. The number of hydrogen-bond donors (Lipinski definition) is 0. The largest absolute Gasteiger partial charge is 0.300 e. The predicted molar refractivity (Wildman–Crippen MR) is 112 cm³/mol. The first kappa shape index (κ1) is 20.9. The molecule has 4 heterocycles. The molecule has 10 heteroatoms. The molecular weight excluding hydrogens is 404 g/mol. The van der Waals surface area contributed by atoms with Crippen LogP contribution < -0.4 is 4.90 Å². The van der Waals surface area contributed by atoms with Gasteiger partial charge in [-0.3, -0.25) is 14.4 Å². The summed E-state index contributed by atoms with van der Waals surface area (Å²) in [6, 6.07) is -0.382. The molecule has 2 aromatic heterocycles. The standard InChI is InChI=1S/C20H28N6O3S/c1-12(2)25-11-17(14(4)23-25)30(28,29)26-10-6-7-16(26)19-21-13(3)15-8-9-18(27)24(5)20(15)22-19/h11-12,16H,6-10H2,1-5H3/t16-/m1/s1. The van der Waals surface area contributed by atoms with Crippen molar-refractivity contribution in [2.45, 2.75) is 70.4 Å².